The maximum atomic E-state index is 4.63. The minimum atomic E-state index is 0.781. The lowest BCUT2D eigenvalue weighted by Gasteiger charge is -2.01. The predicted molar refractivity (Wildman–Crippen MR) is 73.2 cm³/mol. The van der Waals surface area contributed by atoms with Gasteiger partial charge in [0.2, 0.25) is 0 Å². The van der Waals surface area contributed by atoms with Gasteiger partial charge in [-0.25, -0.2) is 0 Å². The van der Waals surface area contributed by atoms with Crippen molar-refractivity contribution in [3.05, 3.63) is 42.6 Å². The van der Waals surface area contributed by atoms with Gasteiger partial charge in [0, 0.05) is 11.6 Å². The van der Waals surface area contributed by atoms with Crippen molar-refractivity contribution in [3.63, 3.8) is 0 Å². The van der Waals surface area contributed by atoms with Gasteiger partial charge < -0.3 is 0 Å². The first-order valence-electron chi connectivity index (χ1n) is 6.41. The lowest BCUT2D eigenvalue weighted by molar-refractivity contribution is 0.703. The molecule has 0 unspecified atom stereocenters. The van der Waals surface area contributed by atoms with Gasteiger partial charge >= 0.3 is 0 Å². The Morgan fingerprint density at radius 3 is 3.00 bits per heavy atom. The van der Waals surface area contributed by atoms with Gasteiger partial charge in [-0.15, -0.1) is 6.58 Å². The monoisotopic (exact) mass is 228 g/mol. The number of aryl methyl sites for hydroxylation is 1. The van der Waals surface area contributed by atoms with Gasteiger partial charge in [0.1, 0.15) is 0 Å². The molecule has 0 aliphatic heterocycles. The number of allylic oxidation sites excluding steroid dienone is 1. The summed E-state index contributed by atoms with van der Waals surface area (Å²) in [6, 6.07) is 6.46. The number of rotatable bonds is 6. The molecule has 0 saturated heterocycles. The number of nitrogens with zero attached hydrogens (tertiary/aromatic N) is 2. The molecular formula is C15H20N2. The SMILES string of the molecule is C=CCn1cc2cccc(CCCCC)c2n1. The molecule has 0 bridgehead atoms. The first kappa shape index (κ1) is 11.9. The van der Waals surface area contributed by atoms with Crippen LogP contribution in [0.1, 0.15) is 31.7 Å². The van der Waals surface area contributed by atoms with Crippen LogP contribution in [0.2, 0.25) is 0 Å². The second-order valence-electron chi connectivity index (χ2n) is 4.45. The number of benzene rings is 1. The van der Waals surface area contributed by atoms with Gasteiger partial charge in [-0.1, -0.05) is 44.0 Å². The summed E-state index contributed by atoms with van der Waals surface area (Å²) in [4.78, 5) is 0. The average Bonchev–Trinajstić information content (AvgIpc) is 2.73. The molecule has 1 heterocycles. The predicted octanol–water partition coefficient (Wildman–Crippen LogP) is 3.96. The number of hydrogen-bond acceptors (Lipinski definition) is 1. The molecule has 0 radical (unpaired) electrons. The van der Waals surface area contributed by atoms with Gasteiger partial charge in [0.25, 0.3) is 0 Å². The second-order valence-corrected chi connectivity index (χ2v) is 4.45. The lowest BCUT2D eigenvalue weighted by Crippen LogP contribution is -1.95. The topological polar surface area (TPSA) is 17.8 Å². The Morgan fingerprint density at radius 1 is 1.35 bits per heavy atom. The Morgan fingerprint density at radius 2 is 2.24 bits per heavy atom. The van der Waals surface area contributed by atoms with E-state index in [0.29, 0.717) is 0 Å². The summed E-state index contributed by atoms with van der Waals surface area (Å²) in [5, 5.41) is 5.86. The van der Waals surface area contributed by atoms with Gasteiger partial charge in [0.15, 0.2) is 0 Å². The molecule has 2 aromatic rings. The molecule has 0 amide bonds. The zero-order valence-corrected chi connectivity index (χ0v) is 10.5. The van der Waals surface area contributed by atoms with Gasteiger partial charge in [-0.3, -0.25) is 4.68 Å². The minimum Gasteiger partial charge on any atom is -0.268 e. The molecular weight excluding hydrogens is 208 g/mol. The third-order valence-electron chi connectivity index (χ3n) is 3.03. The summed E-state index contributed by atoms with van der Waals surface area (Å²) in [7, 11) is 0. The van der Waals surface area contributed by atoms with Crippen LogP contribution < -0.4 is 0 Å². The molecule has 2 rings (SSSR count). The molecule has 0 saturated carbocycles. The molecule has 17 heavy (non-hydrogen) atoms. The van der Waals surface area contributed by atoms with Crippen molar-refractivity contribution in [1.82, 2.24) is 9.78 Å². The maximum absolute atomic E-state index is 4.63. The van der Waals surface area contributed by atoms with E-state index in [1.165, 1.54) is 30.2 Å². The number of hydrogen-bond donors (Lipinski definition) is 0. The number of unbranched alkanes of at least 4 members (excludes halogenated alkanes) is 2. The van der Waals surface area contributed by atoms with E-state index in [1.807, 2.05) is 10.8 Å². The molecule has 0 fully saturated rings. The molecule has 1 aromatic carbocycles. The Bertz CT molecular complexity index is 497. The number of aromatic nitrogens is 2. The van der Waals surface area contributed by atoms with Crippen LogP contribution in [0.25, 0.3) is 10.9 Å². The first-order chi connectivity index (χ1) is 8.35. The highest BCUT2D eigenvalue weighted by atomic mass is 15.3. The third kappa shape index (κ3) is 2.76. The van der Waals surface area contributed by atoms with E-state index in [9.17, 15) is 0 Å². The highest BCUT2D eigenvalue weighted by molar-refractivity contribution is 5.81. The van der Waals surface area contributed by atoms with E-state index >= 15 is 0 Å². The molecule has 90 valence electrons. The Hall–Kier alpha value is -1.57. The quantitative estimate of drug-likeness (QED) is 0.540. The molecule has 0 aliphatic rings. The Kier molecular flexibility index (Phi) is 3.97. The van der Waals surface area contributed by atoms with E-state index in [1.54, 1.807) is 0 Å². The summed E-state index contributed by atoms with van der Waals surface area (Å²) in [6.07, 6.45) is 8.92. The fraction of sp³-hybridized carbons (Fsp3) is 0.400. The Labute approximate surface area is 103 Å². The smallest absolute Gasteiger partial charge is 0.0955 e. The van der Waals surface area contributed by atoms with Gasteiger partial charge in [-0.2, -0.15) is 5.10 Å². The zero-order chi connectivity index (χ0) is 12.1. The summed E-state index contributed by atoms with van der Waals surface area (Å²) in [5.41, 5.74) is 2.53. The summed E-state index contributed by atoms with van der Waals surface area (Å²) >= 11 is 0. The summed E-state index contributed by atoms with van der Waals surface area (Å²) in [5.74, 6) is 0. The van der Waals surface area contributed by atoms with Crippen LogP contribution >= 0.6 is 0 Å². The van der Waals surface area contributed by atoms with Crippen molar-refractivity contribution in [3.8, 4) is 0 Å². The van der Waals surface area contributed by atoms with E-state index in [0.717, 1.165) is 18.5 Å². The van der Waals surface area contributed by atoms with E-state index in [2.05, 4.69) is 43.0 Å². The molecule has 2 heteroatoms. The normalized spacial score (nSPS) is 10.9. The fourth-order valence-corrected chi connectivity index (χ4v) is 2.15. The lowest BCUT2D eigenvalue weighted by atomic mass is 10.1. The minimum absolute atomic E-state index is 0.781. The summed E-state index contributed by atoms with van der Waals surface area (Å²) in [6.45, 7) is 6.76. The Balaban J connectivity index is 2.25. The fourth-order valence-electron chi connectivity index (χ4n) is 2.15. The maximum Gasteiger partial charge on any atom is 0.0955 e. The molecule has 1 aromatic heterocycles. The molecule has 2 nitrogen and oxygen atoms in total. The van der Waals surface area contributed by atoms with Crippen molar-refractivity contribution in [2.75, 3.05) is 0 Å². The zero-order valence-electron chi connectivity index (χ0n) is 10.5. The second kappa shape index (κ2) is 5.67. The van der Waals surface area contributed by atoms with Crippen LogP contribution in [0.15, 0.2) is 37.1 Å². The molecule has 0 aliphatic carbocycles. The van der Waals surface area contributed by atoms with Crippen LogP contribution in [0.3, 0.4) is 0 Å². The van der Waals surface area contributed by atoms with E-state index < -0.39 is 0 Å². The van der Waals surface area contributed by atoms with Crippen LogP contribution in [0, 0.1) is 0 Å². The first-order valence-corrected chi connectivity index (χ1v) is 6.41. The van der Waals surface area contributed by atoms with Crippen LogP contribution in [-0.4, -0.2) is 9.78 Å². The van der Waals surface area contributed by atoms with Gasteiger partial charge in [-0.05, 0) is 18.4 Å². The van der Waals surface area contributed by atoms with Crippen molar-refractivity contribution in [2.24, 2.45) is 0 Å². The largest absolute Gasteiger partial charge is 0.268 e. The van der Waals surface area contributed by atoms with Crippen LogP contribution in [-0.2, 0) is 13.0 Å². The van der Waals surface area contributed by atoms with Gasteiger partial charge in [0.05, 0.1) is 12.1 Å². The van der Waals surface area contributed by atoms with Crippen molar-refractivity contribution >= 4 is 10.9 Å². The molecule has 0 spiro atoms. The van der Waals surface area contributed by atoms with E-state index in [-0.39, 0.29) is 0 Å². The van der Waals surface area contributed by atoms with Crippen LogP contribution in [0.4, 0.5) is 0 Å². The standard InChI is InChI=1S/C15H20N2/c1-3-5-6-8-13-9-7-10-14-12-17(11-4-2)16-15(13)14/h4,7,9-10,12H,2-3,5-6,8,11H2,1H3. The highest BCUT2D eigenvalue weighted by Crippen LogP contribution is 2.19. The highest BCUT2D eigenvalue weighted by Gasteiger charge is 2.04. The van der Waals surface area contributed by atoms with Crippen molar-refractivity contribution < 1.29 is 0 Å². The third-order valence-corrected chi connectivity index (χ3v) is 3.03. The van der Waals surface area contributed by atoms with Crippen molar-refractivity contribution in [1.29, 1.82) is 0 Å². The van der Waals surface area contributed by atoms with E-state index in [4.69, 9.17) is 0 Å². The van der Waals surface area contributed by atoms with Crippen LogP contribution in [0.5, 0.6) is 0 Å². The summed E-state index contributed by atoms with van der Waals surface area (Å²) < 4.78 is 1.96. The van der Waals surface area contributed by atoms with Crippen molar-refractivity contribution in [2.45, 2.75) is 39.2 Å². The molecule has 0 atom stereocenters. The average molecular weight is 228 g/mol. The molecule has 0 N–H and O–H groups in total. The number of fused-ring (bicyclic) bond motifs is 1.